The molecule has 3 fully saturated rings. The number of nitrogens with one attached hydrogen (secondary N) is 2. The first-order valence-corrected chi connectivity index (χ1v) is 8.35. The van der Waals surface area contributed by atoms with E-state index in [1.807, 2.05) is 0 Å². The zero-order valence-corrected chi connectivity index (χ0v) is 11.8. The van der Waals surface area contributed by atoms with E-state index in [0.29, 0.717) is 0 Å². The van der Waals surface area contributed by atoms with Crippen molar-refractivity contribution in [3.8, 4) is 0 Å². The van der Waals surface area contributed by atoms with Gasteiger partial charge in [0, 0.05) is 0 Å². The van der Waals surface area contributed by atoms with Crippen molar-refractivity contribution in [1.82, 2.24) is 10.6 Å². The van der Waals surface area contributed by atoms with Gasteiger partial charge in [-0.15, -0.1) is 0 Å². The fourth-order valence-electron chi connectivity index (χ4n) is 3.72. The Kier molecular flexibility index (Phi) is 4.58. The Labute approximate surface area is 112 Å². The number of piperidine rings is 1. The van der Waals surface area contributed by atoms with Crippen molar-refractivity contribution < 1.29 is 0 Å². The summed E-state index contributed by atoms with van der Waals surface area (Å²) in [4.78, 5) is 0. The molecule has 0 amide bonds. The maximum atomic E-state index is 3.75. The van der Waals surface area contributed by atoms with Crippen molar-refractivity contribution >= 4 is 0 Å². The van der Waals surface area contributed by atoms with Crippen LogP contribution in [0.4, 0.5) is 0 Å². The van der Waals surface area contributed by atoms with Crippen LogP contribution >= 0.6 is 0 Å². The fraction of sp³-hybridized carbons (Fsp3) is 1.00. The summed E-state index contributed by atoms with van der Waals surface area (Å²) in [5.74, 6) is 4.27. The molecule has 2 aliphatic carbocycles. The second kappa shape index (κ2) is 6.38. The van der Waals surface area contributed by atoms with Gasteiger partial charge in [0.1, 0.15) is 0 Å². The van der Waals surface area contributed by atoms with E-state index < -0.39 is 0 Å². The summed E-state index contributed by atoms with van der Waals surface area (Å²) in [6.07, 6.45) is 11.8. The molecule has 1 saturated heterocycles. The Morgan fingerprint density at radius 3 is 2.22 bits per heavy atom. The first-order valence-electron chi connectivity index (χ1n) is 8.35. The van der Waals surface area contributed by atoms with Gasteiger partial charge < -0.3 is 10.6 Å². The molecule has 0 aromatic rings. The SMILES string of the molecule is C(CNCC(C1CC1)C1CC1)CC1CCNCC1. The molecule has 0 unspecified atom stereocenters. The molecule has 0 radical (unpaired) electrons. The Morgan fingerprint density at radius 1 is 0.944 bits per heavy atom. The van der Waals surface area contributed by atoms with Crippen LogP contribution in [0.2, 0.25) is 0 Å². The van der Waals surface area contributed by atoms with E-state index in [1.54, 1.807) is 0 Å². The minimum atomic E-state index is 1.01. The Morgan fingerprint density at radius 2 is 1.61 bits per heavy atom. The lowest BCUT2D eigenvalue weighted by molar-refractivity contribution is 0.335. The summed E-state index contributed by atoms with van der Waals surface area (Å²) in [5.41, 5.74) is 0. The van der Waals surface area contributed by atoms with E-state index in [9.17, 15) is 0 Å². The van der Waals surface area contributed by atoms with Crippen molar-refractivity contribution in [2.45, 2.75) is 51.4 Å². The smallest absolute Gasteiger partial charge is 0.00152 e. The molecule has 104 valence electrons. The molecule has 1 aliphatic heterocycles. The summed E-state index contributed by atoms with van der Waals surface area (Å²) in [6, 6.07) is 0. The highest BCUT2D eigenvalue weighted by Gasteiger charge is 2.40. The molecular weight excluding hydrogens is 220 g/mol. The second-order valence-corrected chi connectivity index (χ2v) is 6.88. The summed E-state index contributed by atoms with van der Waals surface area (Å²) in [7, 11) is 0. The molecule has 3 rings (SSSR count). The Bertz CT molecular complexity index is 227. The molecule has 2 nitrogen and oxygen atoms in total. The van der Waals surface area contributed by atoms with E-state index >= 15 is 0 Å². The van der Waals surface area contributed by atoms with Gasteiger partial charge in [0.15, 0.2) is 0 Å². The lowest BCUT2D eigenvalue weighted by atomic mass is 9.93. The maximum Gasteiger partial charge on any atom is -0.00152 e. The molecule has 0 aromatic carbocycles. The number of hydrogen-bond acceptors (Lipinski definition) is 2. The Balaban J connectivity index is 1.23. The normalized spacial score (nSPS) is 25.8. The van der Waals surface area contributed by atoms with Crippen LogP contribution in [-0.2, 0) is 0 Å². The molecule has 2 saturated carbocycles. The van der Waals surface area contributed by atoms with Gasteiger partial charge in [-0.2, -0.15) is 0 Å². The van der Waals surface area contributed by atoms with Crippen LogP contribution in [0, 0.1) is 23.7 Å². The quantitative estimate of drug-likeness (QED) is 0.647. The monoisotopic (exact) mass is 250 g/mol. The molecule has 18 heavy (non-hydrogen) atoms. The lowest BCUT2D eigenvalue weighted by Crippen LogP contribution is -2.29. The standard InChI is InChI=1S/C16H30N2/c1(2-13-7-10-17-11-8-13)9-18-12-16(14-3-4-14)15-5-6-15/h13-18H,1-12H2. The average Bonchev–Trinajstić information content (AvgIpc) is 3.29. The van der Waals surface area contributed by atoms with Crippen LogP contribution in [0.25, 0.3) is 0 Å². The van der Waals surface area contributed by atoms with Gasteiger partial charge in [-0.3, -0.25) is 0 Å². The molecule has 2 N–H and O–H groups in total. The topological polar surface area (TPSA) is 24.1 Å². The summed E-state index contributed by atoms with van der Waals surface area (Å²) < 4.78 is 0. The highest BCUT2D eigenvalue weighted by molar-refractivity contribution is 4.92. The van der Waals surface area contributed by atoms with Gasteiger partial charge in [0.05, 0.1) is 0 Å². The van der Waals surface area contributed by atoms with Gasteiger partial charge in [0.25, 0.3) is 0 Å². The van der Waals surface area contributed by atoms with Crippen LogP contribution in [0.15, 0.2) is 0 Å². The third kappa shape index (κ3) is 3.96. The lowest BCUT2D eigenvalue weighted by Gasteiger charge is -2.22. The van der Waals surface area contributed by atoms with Crippen molar-refractivity contribution in [1.29, 1.82) is 0 Å². The van der Waals surface area contributed by atoms with E-state index in [1.165, 1.54) is 77.5 Å². The van der Waals surface area contributed by atoms with Gasteiger partial charge in [-0.05, 0) is 101 Å². The summed E-state index contributed by atoms with van der Waals surface area (Å²) >= 11 is 0. The largest absolute Gasteiger partial charge is 0.317 e. The van der Waals surface area contributed by atoms with Crippen LogP contribution in [-0.4, -0.2) is 26.2 Å². The molecule has 0 atom stereocenters. The van der Waals surface area contributed by atoms with Crippen molar-refractivity contribution in [2.75, 3.05) is 26.2 Å². The van der Waals surface area contributed by atoms with E-state index in [-0.39, 0.29) is 0 Å². The zero-order valence-electron chi connectivity index (χ0n) is 11.8. The van der Waals surface area contributed by atoms with E-state index in [0.717, 1.165) is 23.7 Å². The average molecular weight is 250 g/mol. The maximum absolute atomic E-state index is 3.75. The third-order valence-electron chi connectivity index (χ3n) is 5.26. The Hall–Kier alpha value is -0.0800. The predicted octanol–water partition coefficient (Wildman–Crippen LogP) is 2.79. The molecule has 0 aromatic heterocycles. The molecule has 0 bridgehead atoms. The molecule has 1 heterocycles. The highest BCUT2D eigenvalue weighted by Crippen LogP contribution is 2.48. The number of rotatable bonds is 8. The van der Waals surface area contributed by atoms with E-state index in [2.05, 4.69) is 10.6 Å². The first kappa shape index (κ1) is 12.9. The zero-order chi connectivity index (χ0) is 12.2. The first-order chi connectivity index (χ1) is 8.93. The number of hydrogen-bond donors (Lipinski definition) is 2. The predicted molar refractivity (Wildman–Crippen MR) is 76.6 cm³/mol. The van der Waals surface area contributed by atoms with Gasteiger partial charge in [-0.25, -0.2) is 0 Å². The van der Waals surface area contributed by atoms with Crippen molar-refractivity contribution in [2.24, 2.45) is 23.7 Å². The van der Waals surface area contributed by atoms with Gasteiger partial charge in [0.2, 0.25) is 0 Å². The van der Waals surface area contributed by atoms with Crippen molar-refractivity contribution in [3.63, 3.8) is 0 Å². The minimum absolute atomic E-state index is 1.01. The molecule has 2 heteroatoms. The van der Waals surface area contributed by atoms with Crippen LogP contribution in [0.3, 0.4) is 0 Å². The van der Waals surface area contributed by atoms with Crippen LogP contribution in [0.5, 0.6) is 0 Å². The van der Waals surface area contributed by atoms with Crippen molar-refractivity contribution in [3.05, 3.63) is 0 Å². The van der Waals surface area contributed by atoms with Crippen LogP contribution in [0.1, 0.15) is 51.4 Å². The molecule has 3 aliphatic rings. The minimum Gasteiger partial charge on any atom is -0.317 e. The molecular formula is C16H30N2. The van der Waals surface area contributed by atoms with Gasteiger partial charge >= 0.3 is 0 Å². The highest BCUT2D eigenvalue weighted by atomic mass is 14.9. The summed E-state index contributed by atoms with van der Waals surface area (Å²) in [5, 5.41) is 7.21. The van der Waals surface area contributed by atoms with E-state index in [4.69, 9.17) is 0 Å². The second-order valence-electron chi connectivity index (χ2n) is 6.88. The van der Waals surface area contributed by atoms with Gasteiger partial charge in [-0.1, -0.05) is 0 Å². The van der Waals surface area contributed by atoms with Crippen LogP contribution < -0.4 is 10.6 Å². The molecule has 0 spiro atoms. The third-order valence-corrected chi connectivity index (χ3v) is 5.26. The fourth-order valence-corrected chi connectivity index (χ4v) is 3.72. The summed E-state index contributed by atoms with van der Waals surface area (Å²) in [6.45, 7) is 5.09.